The van der Waals surface area contributed by atoms with Crippen molar-refractivity contribution in [3.05, 3.63) is 108 Å². The summed E-state index contributed by atoms with van der Waals surface area (Å²) in [5.74, 6) is -0.144. The summed E-state index contributed by atoms with van der Waals surface area (Å²) in [6, 6.07) is 29.5. The van der Waals surface area contributed by atoms with Crippen LogP contribution < -0.4 is 11.1 Å². The molecule has 5 heteroatoms. The summed E-state index contributed by atoms with van der Waals surface area (Å²) >= 11 is 0. The second kappa shape index (κ2) is 11.6. The summed E-state index contributed by atoms with van der Waals surface area (Å²) in [5, 5.41) is 13.3. The number of rotatable bonds is 11. The Kier molecular flexibility index (Phi) is 8.56. The average molecular weight is 433 g/mol. The number of ether oxygens (including phenoxy) is 1. The standard InChI is InChI=1S/C27H32N2O3/c1-21(30)25(29-26(31)18-11-19-28)20-32-27(22-12-5-2-6-13-22,23-14-7-3-8-15-23)24-16-9-4-10-17-24/h2-10,12-17,21,25,30H,11,18-20,28H2,1H3,(H,29,31)/t21-,25+/m1/s1. The van der Waals surface area contributed by atoms with Crippen LogP contribution in [0.3, 0.4) is 0 Å². The summed E-state index contributed by atoms with van der Waals surface area (Å²) in [7, 11) is 0. The summed E-state index contributed by atoms with van der Waals surface area (Å²) in [4.78, 5) is 12.3. The minimum absolute atomic E-state index is 0.130. The zero-order valence-corrected chi connectivity index (χ0v) is 18.5. The predicted molar refractivity (Wildman–Crippen MR) is 127 cm³/mol. The van der Waals surface area contributed by atoms with Crippen LogP contribution in [0, 0.1) is 0 Å². The number of hydrogen-bond acceptors (Lipinski definition) is 4. The molecule has 0 aliphatic carbocycles. The number of carbonyl (C=O) groups excluding carboxylic acids is 1. The Balaban J connectivity index is 2.02. The van der Waals surface area contributed by atoms with E-state index in [1.54, 1.807) is 6.92 Å². The molecule has 0 fully saturated rings. The molecule has 0 bridgehead atoms. The maximum atomic E-state index is 12.3. The molecule has 0 spiro atoms. The van der Waals surface area contributed by atoms with Crippen molar-refractivity contribution >= 4 is 5.91 Å². The fourth-order valence-electron chi connectivity index (χ4n) is 3.83. The maximum absolute atomic E-state index is 12.3. The van der Waals surface area contributed by atoms with Crippen molar-refractivity contribution in [1.82, 2.24) is 5.32 Å². The smallest absolute Gasteiger partial charge is 0.220 e. The monoisotopic (exact) mass is 432 g/mol. The van der Waals surface area contributed by atoms with E-state index in [2.05, 4.69) is 5.32 Å². The lowest BCUT2D eigenvalue weighted by Gasteiger charge is -2.37. The fraction of sp³-hybridized carbons (Fsp3) is 0.296. The summed E-state index contributed by atoms with van der Waals surface area (Å²) in [6.07, 6.45) is 0.138. The Bertz CT molecular complexity index is 850. The van der Waals surface area contributed by atoms with E-state index < -0.39 is 17.7 Å². The van der Waals surface area contributed by atoms with Crippen LogP contribution in [0.1, 0.15) is 36.5 Å². The van der Waals surface area contributed by atoms with Crippen molar-refractivity contribution in [2.24, 2.45) is 5.73 Å². The Labute approximate surface area is 190 Å². The molecule has 0 radical (unpaired) electrons. The highest BCUT2D eigenvalue weighted by Crippen LogP contribution is 2.40. The van der Waals surface area contributed by atoms with Gasteiger partial charge >= 0.3 is 0 Å². The van der Waals surface area contributed by atoms with Crippen LogP contribution in [-0.2, 0) is 15.1 Å². The van der Waals surface area contributed by atoms with Gasteiger partial charge in [0.25, 0.3) is 0 Å². The van der Waals surface area contributed by atoms with Gasteiger partial charge in [-0.2, -0.15) is 0 Å². The van der Waals surface area contributed by atoms with E-state index in [9.17, 15) is 9.90 Å². The Hall–Kier alpha value is -2.99. The quantitative estimate of drug-likeness (QED) is 0.404. The lowest BCUT2D eigenvalue weighted by atomic mass is 9.80. The molecule has 3 aromatic carbocycles. The molecular formula is C27H32N2O3. The molecule has 2 atom stereocenters. The van der Waals surface area contributed by atoms with E-state index in [-0.39, 0.29) is 12.5 Å². The Morgan fingerprint density at radius 3 is 1.72 bits per heavy atom. The topological polar surface area (TPSA) is 84.6 Å². The van der Waals surface area contributed by atoms with Crippen molar-refractivity contribution in [3.8, 4) is 0 Å². The van der Waals surface area contributed by atoms with Crippen LogP contribution >= 0.6 is 0 Å². The van der Waals surface area contributed by atoms with Gasteiger partial charge in [-0.15, -0.1) is 0 Å². The Morgan fingerprint density at radius 2 is 1.34 bits per heavy atom. The summed E-state index contributed by atoms with van der Waals surface area (Å²) in [6.45, 7) is 2.24. The van der Waals surface area contributed by atoms with Gasteiger partial charge < -0.3 is 20.9 Å². The number of amides is 1. The molecular weight excluding hydrogens is 400 g/mol. The zero-order chi connectivity index (χ0) is 22.8. The van der Waals surface area contributed by atoms with Crippen LogP contribution in [0.25, 0.3) is 0 Å². The molecule has 0 saturated carbocycles. The molecule has 32 heavy (non-hydrogen) atoms. The van der Waals surface area contributed by atoms with Crippen molar-refractivity contribution in [1.29, 1.82) is 0 Å². The lowest BCUT2D eigenvalue weighted by molar-refractivity contribution is -0.124. The van der Waals surface area contributed by atoms with Crippen molar-refractivity contribution in [2.45, 2.75) is 37.5 Å². The van der Waals surface area contributed by atoms with E-state index in [4.69, 9.17) is 10.5 Å². The SMILES string of the molecule is C[C@@H](O)[C@H](COC(c1ccccc1)(c1ccccc1)c1ccccc1)NC(=O)CCCN. The molecule has 0 saturated heterocycles. The zero-order valence-electron chi connectivity index (χ0n) is 18.5. The van der Waals surface area contributed by atoms with Crippen molar-refractivity contribution in [3.63, 3.8) is 0 Å². The van der Waals surface area contributed by atoms with E-state index >= 15 is 0 Å². The molecule has 0 aliphatic rings. The van der Waals surface area contributed by atoms with Gasteiger partial charge in [0.1, 0.15) is 5.60 Å². The molecule has 3 rings (SSSR count). The highest BCUT2D eigenvalue weighted by molar-refractivity contribution is 5.76. The molecule has 3 aromatic rings. The molecule has 1 amide bonds. The van der Waals surface area contributed by atoms with Gasteiger partial charge in [0.15, 0.2) is 0 Å². The highest BCUT2D eigenvalue weighted by Gasteiger charge is 2.38. The molecule has 0 heterocycles. The summed E-state index contributed by atoms with van der Waals surface area (Å²) < 4.78 is 6.72. The number of aliphatic hydroxyl groups excluding tert-OH is 1. The minimum atomic E-state index is -0.904. The van der Waals surface area contributed by atoms with E-state index in [1.807, 2.05) is 91.0 Å². The predicted octanol–water partition coefficient (Wildman–Crippen LogP) is 3.60. The van der Waals surface area contributed by atoms with E-state index in [0.717, 1.165) is 16.7 Å². The van der Waals surface area contributed by atoms with Gasteiger partial charge in [0, 0.05) is 6.42 Å². The van der Waals surface area contributed by atoms with Crippen LogP contribution in [-0.4, -0.2) is 36.3 Å². The second-order valence-electron chi connectivity index (χ2n) is 7.90. The average Bonchev–Trinajstić information content (AvgIpc) is 2.84. The number of aliphatic hydroxyl groups is 1. The summed E-state index contributed by atoms with van der Waals surface area (Å²) in [5.41, 5.74) is 7.52. The fourth-order valence-corrected chi connectivity index (χ4v) is 3.83. The molecule has 5 nitrogen and oxygen atoms in total. The molecule has 4 N–H and O–H groups in total. The van der Waals surface area contributed by atoms with Gasteiger partial charge in [0.05, 0.1) is 18.8 Å². The molecule has 0 aliphatic heterocycles. The van der Waals surface area contributed by atoms with Gasteiger partial charge in [0.2, 0.25) is 5.91 Å². The van der Waals surface area contributed by atoms with Gasteiger partial charge in [-0.05, 0) is 36.6 Å². The minimum Gasteiger partial charge on any atom is -0.391 e. The number of nitrogens with one attached hydrogen (secondary N) is 1. The lowest BCUT2D eigenvalue weighted by Crippen LogP contribution is -2.47. The van der Waals surface area contributed by atoms with Crippen LogP contribution in [0.4, 0.5) is 0 Å². The normalized spacial score (nSPS) is 13.3. The van der Waals surface area contributed by atoms with Crippen molar-refractivity contribution in [2.75, 3.05) is 13.2 Å². The Morgan fingerprint density at radius 1 is 0.906 bits per heavy atom. The molecule has 168 valence electrons. The third-order valence-electron chi connectivity index (χ3n) is 5.56. The molecule has 0 aromatic heterocycles. The second-order valence-corrected chi connectivity index (χ2v) is 7.90. The first kappa shape index (κ1) is 23.7. The third kappa shape index (κ3) is 5.62. The number of carbonyl (C=O) groups is 1. The third-order valence-corrected chi connectivity index (χ3v) is 5.56. The van der Waals surface area contributed by atoms with E-state index in [0.29, 0.717) is 19.4 Å². The molecule has 0 unspecified atom stereocenters. The maximum Gasteiger partial charge on any atom is 0.220 e. The first-order valence-corrected chi connectivity index (χ1v) is 11.1. The highest BCUT2D eigenvalue weighted by atomic mass is 16.5. The number of benzene rings is 3. The largest absolute Gasteiger partial charge is 0.391 e. The van der Waals surface area contributed by atoms with Crippen LogP contribution in [0.5, 0.6) is 0 Å². The first-order chi connectivity index (χ1) is 15.6. The van der Waals surface area contributed by atoms with E-state index in [1.165, 1.54) is 0 Å². The number of nitrogens with two attached hydrogens (primary N) is 1. The number of hydrogen-bond donors (Lipinski definition) is 3. The first-order valence-electron chi connectivity index (χ1n) is 11.1. The van der Waals surface area contributed by atoms with Gasteiger partial charge in [-0.25, -0.2) is 0 Å². The van der Waals surface area contributed by atoms with Crippen LogP contribution in [0.2, 0.25) is 0 Å². The van der Waals surface area contributed by atoms with Crippen LogP contribution in [0.15, 0.2) is 91.0 Å². The van der Waals surface area contributed by atoms with Gasteiger partial charge in [-0.1, -0.05) is 91.0 Å². The van der Waals surface area contributed by atoms with Gasteiger partial charge in [-0.3, -0.25) is 4.79 Å². The van der Waals surface area contributed by atoms with Crippen molar-refractivity contribution < 1.29 is 14.6 Å².